The van der Waals surface area contributed by atoms with E-state index in [1.807, 2.05) is 49.4 Å². The zero-order valence-corrected chi connectivity index (χ0v) is 12.2. The van der Waals surface area contributed by atoms with Gasteiger partial charge in [-0.25, -0.2) is 0 Å². The Morgan fingerprint density at radius 2 is 1.94 bits per heavy atom. The lowest BCUT2D eigenvalue weighted by atomic mass is 10.1. The number of hydrogen-bond acceptors (Lipinski definition) is 2. The SMILES string of the molecule is CCC(=O)c1ccccc1Oc1cccc(I)c1. The molecule has 0 bridgehead atoms. The fraction of sp³-hybridized carbons (Fsp3) is 0.133. The predicted octanol–water partition coefficient (Wildman–Crippen LogP) is 4.68. The van der Waals surface area contributed by atoms with Crippen LogP contribution in [0.3, 0.4) is 0 Å². The van der Waals surface area contributed by atoms with E-state index in [9.17, 15) is 4.79 Å². The molecular formula is C15H13IO2. The summed E-state index contributed by atoms with van der Waals surface area (Å²) in [6, 6.07) is 15.1. The maximum absolute atomic E-state index is 11.8. The first-order chi connectivity index (χ1) is 8.70. The molecule has 18 heavy (non-hydrogen) atoms. The van der Waals surface area contributed by atoms with Crippen LogP contribution in [0.15, 0.2) is 48.5 Å². The normalized spacial score (nSPS) is 10.1. The van der Waals surface area contributed by atoms with E-state index < -0.39 is 0 Å². The molecule has 2 aromatic rings. The molecule has 2 nitrogen and oxygen atoms in total. The molecule has 0 unspecified atom stereocenters. The highest BCUT2D eigenvalue weighted by Crippen LogP contribution is 2.27. The van der Waals surface area contributed by atoms with Gasteiger partial charge in [0.2, 0.25) is 0 Å². The molecule has 0 saturated heterocycles. The van der Waals surface area contributed by atoms with Crippen molar-refractivity contribution in [3.8, 4) is 11.5 Å². The van der Waals surface area contributed by atoms with Gasteiger partial charge in [0.25, 0.3) is 0 Å². The quantitative estimate of drug-likeness (QED) is 0.590. The minimum atomic E-state index is 0.0937. The summed E-state index contributed by atoms with van der Waals surface area (Å²) in [4.78, 5) is 11.8. The van der Waals surface area contributed by atoms with Crippen LogP contribution in [0, 0.1) is 3.57 Å². The monoisotopic (exact) mass is 352 g/mol. The van der Waals surface area contributed by atoms with Crippen molar-refractivity contribution in [3.05, 3.63) is 57.7 Å². The Bertz CT molecular complexity index is 564. The highest BCUT2D eigenvalue weighted by molar-refractivity contribution is 14.1. The number of ether oxygens (including phenoxy) is 1. The average molecular weight is 352 g/mol. The molecule has 0 spiro atoms. The van der Waals surface area contributed by atoms with Gasteiger partial charge in [-0.2, -0.15) is 0 Å². The van der Waals surface area contributed by atoms with Gasteiger partial charge in [0, 0.05) is 9.99 Å². The number of halogens is 1. The number of rotatable bonds is 4. The molecule has 3 heteroatoms. The van der Waals surface area contributed by atoms with Gasteiger partial charge in [0.1, 0.15) is 11.5 Å². The van der Waals surface area contributed by atoms with Crippen LogP contribution in [0.1, 0.15) is 23.7 Å². The van der Waals surface area contributed by atoms with Crippen LogP contribution < -0.4 is 4.74 Å². The zero-order valence-electron chi connectivity index (χ0n) is 10.0. The lowest BCUT2D eigenvalue weighted by molar-refractivity contribution is 0.0986. The van der Waals surface area contributed by atoms with Gasteiger partial charge < -0.3 is 4.74 Å². The minimum Gasteiger partial charge on any atom is -0.457 e. The summed E-state index contributed by atoms with van der Waals surface area (Å²) in [6.45, 7) is 1.85. The topological polar surface area (TPSA) is 26.3 Å². The van der Waals surface area contributed by atoms with E-state index in [0.717, 1.165) is 9.32 Å². The van der Waals surface area contributed by atoms with Crippen molar-refractivity contribution >= 4 is 28.4 Å². The summed E-state index contributed by atoms with van der Waals surface area (Å²) < 4.78 is 6.89. The first kappa shape index (κ1) is 13.1. The number of benzene rings is 2. The maximum Gasteiger partial charge on any atom is 0.166 e. The fourth-order valence-corrected chi connectivity index (χ4v) is 2.15. The largest absolute Gasteiger partial charge is 0.457 e. The van der Waals surface area contributed by atoms with Crippen LogP contribution in [0.4, 0.5) is 0 Å². The van der Waals surface area contributed by atoms with Gasteiger partial charge in [0.15, 0.2) is 5.78 Å². The van der Waals surface area contributed by atoms with E-state index in [1.54, 1.807) is 6.07 Å². The third-order valence-corrected chi connectivity index (χ3v) is 3.20. The number of para-hydroxylation sites is 1. The van der Waals surface area contributed by atoms with Crippen LogP contribution in [0.25, 0.3) is 0 Å². The summed E-state index contributed by atoms with van der Waals surface area (Å²) in [7, 11) is 0. The maximum atomic E-state index is 11.8. The van der Waals surface area contributed by atoms with Gasteiger partial charge in [0.05, 0.1) is 5.56 Å². The van der Waals surface area contributed by atoms with Gasteiger partial charge in [-0.05, 0) is 52.9 Å². The first-order valence-electron chi connectivity index (χ1n) is 5.76. The van der Waals surface area contributed by atoms with Crippen molar-refractivity contribution in [3.63, 3.8) is 0 Å². The molecule has 92 valence electrons. The van der Waals surface area contributed by atoms with E-state index in [4.69, 9.17) is 4.74 Å². The van der Waals surface area contributed by atoms with Crippen LogP contribution in [0.5, 0.6) is 11.5 Å². The molecule has 0 aliphatic rings. The number of ketones is 1. The number of hydrogen-bond donors (Lipinski definition) is 0. The Morgan fingerprint density at radius 3 is 2.67 bits per heavy atom. The second-order valence-electron chi connectivity index (χ2n) is 3.83. The zero-order chi connectivity index (χ0) is 13.0. The summed E-state index contributed by atoms with van der Waals surface area (Å²) in [6.07, 6.45) is 0.479. The Kier molecular flexibility index (Phi) is 4.36. The van der Waals surface area contributed by atoms with Crippen LogP contribution >= 0.6 is 22.6 Å². The average Bonchev–Trinajstić information content (AvgIpc) is 2.38. The molecule has 0 aliphatic carbocycles. The van der Waals surface area contributed by atoms with Crippen LogP contribution in [-0.2, 0) is 0 Å². The molecule has 0 heterocycles. The third kappa shape index (κ3) is 3.10. The molecule has 0 fully saturated rings. The lowest BCUT2D eigenvalue weighted by Gasteiger charge is -2.10. The van der Waals surface area contributed by atoms with Gasteiger partial charge in [-0.3, -0.25) is 4.79 Å². The lowest BCUT2D eigenvalue weighted by Crippen LogP contribution is -1.99. The molecular weight excluding hydrogens is 339 g/mol. The van der Waals surface area contributed by atoms with Gasteiger partial charge in [-0.15, -0.1) is 0 Å². The summed E-state index contributed by atoms with van der Waals surface area (Å²) >= 11 is 2.23. The second kappa shape index (κ2) is 6.00. The van der Waals surface area contributed by atoms with Crippen molar-refractivity contribution in [1.29, 1.82) is 0 Å². The molecule has 2 rings (SSSR count). The van der Waals surface area contributed by atoms with Gasteiger partial charge >= 0.3 is 0 Å². The van der Waals surface area contributed by atoms with Crippen molar-refractivity contribution in [2.24, 2.45) is 0 Å². The highest BCUT2D eigenvalue weighted by Gasteiger charge is 2.10. The van der Waals surface area contributed by atoms with Crippen LogP contribution in [0.2, 0.25) is 0 Å². The number of carbonyl (C=O) groups is 1. The first-order valence-corrected chi connectivity index (χ1v) is 6.84. The molecule has 0 radical (unpaired) electrons. The molecule has 0 aromatic heterocycles. The molecule has 0 N–H and O–H groups in total. The third-order valence-electron chi connectivity index (χ3n) is 2.53. The Hall–Kier alpha value is -1.36. The van der Waals surface area contributed by atoms with Crippen molar-refractivity contribution in [1.82, 2.24) is 0 Å². The predicted molar refractivity (Wildman–Crippen MR) is 80.3 cm³/mol. The van der Waals surface area contributed by atoms with Crippen molar-refractivity contribution in [2.45, 2.75) is 13.3 Å². The molecule has 2 aromatic carbocycles. The molecule has 0 amide bonds. The Morgan fingerprint density at radius 1 is 1.17 bits per heavy atom. The summed E-state index contributed by atoms with van der Waals surface area (Å²) in [5.74, 6) is 1.46. The Labute approximate surface area is 120 Å². The minimum absolute atomic E-state index is 0.0937. The molecule has 0 aliphatic heterocycles. The van der Waals surface area contributed by atoms with Gasteiger partial charge in [-0.1, -0.05) is 25.1 Å². The van der Waals surface area contributed by atoms with E-state index in [-0.39, 0.29) is 5.78 Å². The number of carbonyl (C=O) groups excluding carboxylic acids is 1. The van der Waals surface area contributed by atoms with E-state index in [0.29, 0.717) is 17.7 Å². The Balaban J connectivity index is 2.32. The standard InChI is InChI=1S/C15H13IO2/c1-2-14(17)13-8-3-4-9-15(13)18-12-7-5-6-11(16)10-12/h3-10H,2H2,1H3. The van der Waals surface area contributed by atoms with E-state index >= 15 is 0 Å². The fourth-order valence-electron chi connectivity index (χ4n) is 1.63. The number of Topliss-reactive ketones (excluding diaryl/α,β-unsaturated/α-hetero) is 1. The second-order valence-corrected chi connectivity index (χ2v) is 5.08. The van der Waals surface area contributed by atoms with Crippen molar-refractivity contribution in [2.75, 3.05) is 0 Å². The van der Waals surface area contributed by atoms with E-state index in [2.05, 4.69) is 22.6 Å². The summed E-state index contributed by atoms with van der Waals surface area (Å²) in [5, 5.41) is 0. The van der Waals surface area contributed by atoms with E-state index in [1.165, 1.54) is 0 Å². The summed E-state index contributed by atoms with van der Waals surface area (Å²) in [5.41, 5.74) is 0.638. The van der Waals surface area contributed by atoms with Crippen molar-refractivity contribution < 1.29 is 9.53 Å². The van der Waals surface area contributed by atoms with Crippen LogP contribution in [-0.4, -0.2) is 5.78 Å². The highest BCUT2D eigenvalue weighted by atomic mass is 127. The smallest absolute Gasteiger partial charge is 0.166 e. The molecule has 0 atom stereocenters. The molecule has 0 saturated carbocycles.